The molecule has 8 nitrogen and oxygen atoms in total. The van der Waals surface area contributed by atoms with Crippen LogP contribution in [0.25, 0.3) is 0 Å². The van der Waals surface area contributed by atoms with Crippen LogP contribution < -0.4 is 16.2 Å². The van der Waals surface area contributed by atoms with E-state index in [1.54, 1.807) is 0 Å². The predicted octanol–water partition coefficient (Wildman–Crippen LogP) is 3.57. The molecule has 29 heavy (non-hydrogen) atoms. The number of carbonyl (C=O) groups excluding carboxylic acids is 1. The highest BCUT2D eigenvalue weighted by Gasteiger charge is 2.23. The number of nitrogens with two attached hydrogens (primary N) is 2. The van der Waals surface area contributed by atoms with E-state index in [0.29, 0.717) is 36.4 Å². The first-order valence-electron chi connectivity index (χ1n) is 9.35. The lowest BCUT2D eigenvalue weighted by molar-refractivity contribution is 0.260. The maximum absolute atomic E-state index is 14.0. The quantitative estimate of drug-likeness (QED) is 0.665. The zero-order valence-corrected chi connectivity index (χ0v) is 17.9. The number of hydrogen-bond acceptors (Lipinski definition) is 5. The highest BCUT2D eigenvalue weighted by atomic mass is 32.2. The topological polar surface area (TPSA) is 132 Å². The smallest absolute Gasteiger partial charge is 0.354 e. The summed E-state index contributed by atoms with van der Waals surface area (Å²) < 4.78 is 35.9. The van der Waals surface area contributed by atoms with Crippen LogP contribution in [0.4, 0.5) is 14.9 Å². The summed E-state index contributed by atoms with van der Waals surface area (Å²) in [5.74, 6) is -0.499. The average Bonchev–Trinajstić information content (AvgIpc) is 2.63. The summed E-state index contributed by atoms with van der Waals surface area (Å²) in [7, 11) is -3.70. The number of urea groups is 1. The number of nitrogens with zero attached hydrogens (tertiary/aromatic N) is 2. The van der Waals surface area contributed by atoms with Crippen LogP contribution >= 0.6 is 0 Å². The minimum Gasteiger partial charge on any atom is -0.477 e. The van der Waals surface area contributed by atoms with Gasteiger partial charge in [-0.15, -0.1) is 4.36 Å². The van der Waals surface area contributed by atoms with Gasteiger partial charge in [0.1, 0.15) is 10.7 Å². The summed E-state index contributed by atoms with van der Waals surface area (Å²) in [6.07, 6.45) is 1.70. The Balaban J connectivity index is 2.44. The first-order valence-corrected chi connectivity index (χ1v) is 10.9. The van der Waals surface area contributed by atoms with Crippen LogP contribution in [0.1, 0.15) is 57.1 Å². The van der Waals surface area contributed by atoms with Crippen molar-refractivity contribution in [3.05, 3.63) is 40.2 Å². The molecule has 5 N–H and O–H groups in total. The maximum atomic E-state index is 14.0. The van der Waals surface area contributed by atoms with Crippen molar-refractivity contribution in [1.29, 1.82) is 0 Å². The van der Waals surface area contributed by atoms with E-state index in [2.05, 4.69) is 14.7 Å². The molecule has 2 rings (SSSR count). The number of benzene rings is 1. The minimum absolute atomic E-state index is 0.0234. The van der Waals surface area contributed by atoms with Crippen molar-refractivity contribution in [2.24, 2.45) is 20.2 Å². The number of rotatable bonds is 5. The molecule has 2 amide bonds. The summed E-state index contributed by atoms with van der Waals surface area (Å²) >= 11 is 0. The van der Waals surface area contributed by atoms with Crippen molar-refractivity contribution in [2.45, 2.75) is 46.0 Å². The fourth-order valence-corrected chi connectivity index (χ4v) is 3.87. The van der Waals surface area contributed by atoms with E-state index in [-0.39, 0.29) is 22.6 Å². The van der Waals surface area contributed by atoms with Crippen molar-refractivity contribution in [3.63, 3.8) is 0 Å². The molecule has 1 heterocycles. The van der Waals surface area contributed by atoms with Gasteiger partial charge in [0.15, 0.2) is 9.92 Å². The Labute approximate surface area is 170 Å². The SMILES string of the molecule is CC(C)c1cc(F)cc(C(C)C)c1NC(=O)N=S(N)(=O)/C(=C/N)C1=NCCCO1. The fraction of sp³-hybridized carbons (Fsp3) is 0.474. The number of amides is 2. The van der Waals surface area contributed by atoms with Gasteiger partial charge in [0, 0.05) is 24.9 Å². The lowest BCUT2D eigenvalue weighted by Crippen LogP contribution is -2.28. The number of halogens is 1. The van der Waals surface area contributed by atoms with Gasteiger partial charge in [-0.3, -0.25) is 4.99 Å². The van der Waals surface area contributed by atoms with Crippen LogP contribution in [0.3, 0.4) is 0 Å². The van der Waals surface area contributed by atoms with Crippen LogP contribution in [0, 0.1) is 5.82 Å². The van der Waals surface area contributed by atoms with Gasteiger partial charge in [-0.2, -0.15) is 0 Å². The second-order valence-corrected chi connectivity index (χ2v) is 9.04. The molecule has 0 fully saturated rings. The molecule has 10 heteroatoms. The van der Waals surface area contributed by atoms with E-state index >= 15 is 0 Å². The van der Waals surface area contributed by atoms with Crippen molar-refractivity contribution in [2.75, 3.05) is 18.5 Å². The zero-order chi connectivity index (χ0) is 21.8. The highest BCUT2D eigenvalue weighted by molar-refractivity contribution is 7.96. The molecule has 1 atom stereocenters. The van der Waals surface area contributed by atoms with E-state index in [1.807, 2.05) is 27.7 Å². The third-order valence-corrected chi connectivity index (χ3v) is 5.71. The third-order valence-electron chi connectivity index (χ3n) is 4.33. The molecule has 1 unspecified atom stereocenters. The standard InChI is InChI=1S/C19H28FN5O3S/c1-11(2)14-8-13(20)9-15(12(3)4)17(14)24-19(26)25-29(22,27)16(10-21)18-23-6-5-7-28-18/h8-12H,5-7,21H2,1-4H3,(H3,22,24,25,26,27)/b16-10+. The van der Waals surface area contributed by atoms with Gasteiger partial charge in [-0.05, 0) is 35.1 Å². The van der Waals surface area contributed by atoms with Gasteiger partial charge in [0.05, 0.1) is 6.61 Å². The molecule has 1 aliphatic heterocycles. The molecule has 0 spiro atoms. The lowest BCUT2D eigenvalue weighted by Gasteiger charge is -2.20. The first kappa shape index (κ1) is 22.8. The summed E-state index contributed by atoms with van der Waals surface area (Å²) in [4.78, 5) is 16.5. The van der Waals surface area contributed by atoms with Gasteiger partial charge in [0.25, 0.3) is 0 Å². The monoisotopic (exact) mass is 425 g/mol. The Morgan fingerprint density at radius 3 is 2.34 bits per heavy atom. The molecule has 0 aliphatic carbocycles. The maximum Gasteiger partial charge on any atom is 0.354 e. The number of anilines is 1. The molecule has 0 saturated carbocycles. The molecule has 1 aromatic rings. The van der Waals surface area contributed by atoms with Crippen molar-refractivity contribution in [1.82, 2.24) is 0 Å². The summed E-state index contributed by atoms with van der Waals surface area (Å²) in [6, 6.07) is 1.80. The second-order valence-electron chi connectivity index (χ2n) is 7.28. The van der Waals surface area contributed by atoms with E-state index in [1.165, 1.54) is 12.1 Å². The van der Waals surface area contributed by atoms with Crippen molar-refractivity contribution in [3.8, 4) is 0 Å². The average molecular weight is 426 g/mol. The summed E-state index contributed by atoms with van der Waals surface area (Å²) in [5.41, 5.74) is 7.20. The molecule has 0 saturated heterocycles. The number of nitrogens with one attached hydrogen (secondary N) is 1. The Morgan fingerprint density at radius 2 is 1.90 bits per heavy atom. The second kappa shape index (κ2) is 9.36. The van der Waals surface area contributed by atoms with E-state index in [4.69, 9.17) is 15.6 Å². The van der Waals surface area contributed by atoms with Gasteiger partial charge in [-0.25, -0.2) is 18.5 Å². The molecular formula is C19H28FN5O3S. The fourth-order valence-electron chi connectivity index (χ4n) is 2.91. The molecule has 160 valence electrons. The first-order chi connectivity index (χ1) is 13.6. The van der Waals surface area contributed by atoms with E-state index < -0.39 is 21.8 Å². The summed E-state index contributed by atoms with van der Waals surface area (Å²) in [6.45, 7) is 8.37. The van der Waals surface area contributed by atoms with E-state index in [0.717, 1.165) is 6.20 Å². The Morgan fingerprint density at radius 1 is 1.31 bits per heavy atom. The Hall–Kier alpha value is -2.46. The van der Waals surface area contributed by atoms with E-state index in [9.17, 15) is 13.4 Å². The largest absolute Gasteiger partial charge is 0.477 e. The summed E-state index contributed by atoms with van der Waals surface area (Å²) in [5, 5.41) is 8.43. The van der Waals surface area contributed by atoms with Crippen LogP contribution in [-0.2, 0) is 14.7 Å². The Bertz CT molecular complexity index is 934. The van der Waals surface area contributed by atoms with Crippen LogP contribution in [-0.4, -0.2) is 29.3 Å². The molecule has 0 radical (unpaired) electrons. The predicted molar refractivity (Wildman–Crippen MR) is 113 cm³/mol. The van der Waals surface area contributed by atoms with Crippen LogP contribution in [0.5, 0.6) is 0 Å². The zero-order valence-electron chi connectivity index (χ0n) is 17.1. The normalized spacial score (nSPS) is 16.8. The Kier molecular flexibility index (Phi) is 7.37. The molecule has 1 aliphatic rings. The molecular weight excluding hydrogens is 397 g/mol. The molecule has 1 aromatic carbocycles. The lowest BCUT2D eigenvalue weighted by atomic mass is 9.92. The number of hydrogen-bond donors (Lipinski definition) is 3. The van der Waals surface area contributed by atoms with Crippen LogP contribution in [0.15, 0.2) is 32.6 Å². The minimum atomic E-state index is -3.70. The van der Waals surface area contributed by atoms with Gasteiger partial charge in [-0.1, -0.05) is 27.7 Å². The van der Waals surface area contributed by atoms with Gasteiger partial charge < -0.3 is 15.8 Å². The molecule has 0 aromatic heterocycles. The van der Waals surface area contributed by atoms with Crippen LogP contribution in [0.2, 0.25) is 0 Å². The van der Waals surface area contributed by atoms with Gasteiger partial charge in [0.2, 0.25) is 5.90 Å². The third kappa shape index (κ3) is 5.54. The van der Waals surface area contributed by atoms with Crippen molar-refractivity contribution < 1.29 is 18.1 Å². The number of ether oxygens (including phenoxy) is 1. The van der Waals surface area contributed by atoms with Crippen molar-refractivity contribution >= 4 is 27.5 Å². The number of carbonyl (C=O) groups is 1. The number of aliphatic imine (C=N–C) groups is 1. The molecule has 0 bridgehead atoms. The highest BCUT2D eigenvalue weighted by Crippen LogP contribution is 2.33. The van der Waals surface area contributed by atoms with Gasteiger partial charge >= 0.3 is 6.03 Å².